The number of anilines is 1. The fourth-order valence-electron chi connectivity index (χ4n) is 2.96. The summed E-state index contributed by atoms with van der Waals surface area (Å²) in [5.74, 6) is -0.153. The molecule has 0 unspecified atom stereocenters. The van der Waals surface area contributed by atoms with Crippen molar-refractivity contribution >= 4 is 23.3 Å². The zero-order valence-electron chi connectivity index (χ0n) is 14.0. The number of amides is 1. The lowest BCUT2D eigenvalue weighted by Gasteiger charge is -2.10. The summed E-state index contributed by atoms with van der Waals surface area (Å²) in [6, 6.07) is 9.11. The lowest BCUT2D eigenvalue weighted by Crippen LogP contribution is -2.18. The molecule has 2 aromatic heterocycles. The second-order valence-corrected chi connectivity index (χ2v) is 6.12. The summed E-state index contributed by atoms with van der Waals surface area (Å²) in [5, 5.41) is 0.591. The largest absolute Gasteiger partial charge is 0.384 e. The Kier molecular flexibility index (Phi) is 4.46. The number of nitrogen functional groups attached to an aromatic ring is 1. The Labute approximate surface area is 150 Å². The van der Waals surface area contributed by atoms with Crippen molar-refractivity contribution in [1.82, 2.24) is 14.5 Å². The molecule has 1 amide bonds. The number of rotatable bonds is 4. The summed E-state index contributed by atoms with van der Waals surface area (Å²) in [6.07, 6.45) is 1.39. The smallest absolute Gasteiger partial charge is 0.265 e. The van der Waals surface area contributed by atoms with Gasteiger partial charge in [0.15, 0.2) is 0 Å². The number of benzene rings is 1. The Morgan fingerprint density at radius 1 is 1.20 bits per heavy atom. The minimum absolute atomic E-state index is 0.356. The molecule has 128 valence electrons. The molecule has 4 N–H and O–H groups in total. The predicted octanol–water partition coefficient (Wildman–Crippen LogP) is 3.27. The van der Waals surface area contributed by atoms with Crippen LogP contribution < -0.4 is 11.5 Å². The fourth-order valence-corrected chi connectivity index (χ4v) is 3.13. The third kappa shape index (κ3) is 3.08. The molecule has 0 aliphatic rings. The quantitative estimate of drug-likeness (QED) is 0.750. The van der Waals surface area contributed by atoms with Crippen LogP contribution in [-0.2, 0) is 6.54 Å². The number of hydrogen-bond acceptors (Lipinski definition) is 4. The normalized spacial score (nSPS) is 10.8. The van der Waals surface area contributed by atoms with Gasteiger partial charge in [-0.15, -0.1) is 0 Å². The van der Waals surface area contributed by atoms with Crippen molar-refractivity contribution in [2.24, 2.45) is 5.73 Å². The van der Waals surface area contributed by atoms with Gasteiger partial charge in [0.2, 0.25) is 0 Å². The monoisotopic (exact) mass is 355 g/mol. The third-order valence-electron chi connectivity index (χ3n) is 4.09. The molecule has 6 nitrogen and oxygen atoms in total. The van der Waals surface area contributed by atoms with Crippen LogP contribution in [0.1, 0.15) is 23.0 Å². The number of carbonyl (C=O) groups is 1. The van der Waals surface area contributed by atoms with Gasteiger partial charge in [-0.05, 0) is 43.2 Å². The van der Waals surface area contributed by atoms with Gasteiger partial charge in [-0.2, -0.15) is 0 Å². The molecular formula is C18H18ClN5O. The number of primary amides is 1. The van der Waals surface area contributed by atoms with E-state index >= 15 is 0 Å². The molecule has 0 spiro atoms. The van der Waals surface area contributed by atoms with Gasteiger partial charge in [0, 0.05) is 23.2 Å². The first-order valence-electron chi connectivity index (χ1n) is 7.80. The van der Waals surface area contributed by atoms with E-state index in [4.69, 9.17) is 23.1 Å². The van der Waals surface area contributed by atoms with Crippen LogP contribution in [-0.4, -0.2) is 20.4 Å². The molecule has 3 rings (SSSR count). The molecule has 0 radical (unpaired) electrons. The summed E-state index contributed by atoms with van der Waals surface area (Å²) < 4.78 is 1.83. The van der Waals surface area contributed by atoms with E-state index in [-0.39, 0.29) is 0 Å². The highest BCUT2D eigenvalue weighted by Gasteiger charge is 2.22. The SMILES string of the molecule is CCn1c(-c2cc(N)ncn2)cc(-c2cc(Cl)ccc2C)c1C(N)=O. The number of halogens is 1. The van der Waals surface area contributed by atoms with Crippen molar-refractivity contribution in [3.05, 3.63) is 52.9 Å². The zero-order chi connectivity index (χ0) is 18.1. The maximum Gasteiger partial charge on any atom is 0.265 e. The summed E-state index contributed by atoms with van der Waals surface area (Å²) in [7, 11) is 0. The highest BCUT2D eigenvalue weighted by atomic mass is 35.5. The fraction of sp³-hybridized carbons (Fsp3) is 0.167. The van der Waals surface area contributed by atoms with E-state index in [1.54, 1.807) is 6.07 Å². The average molecular weight is 356 g/mol. The first kappa shape index (κ1) is 17.0. The molecule has 7 heteroatoms. The van der Waals surface area contributed by atoms with Crippen LogP contribution in [0.4, 0.5) is 5.82 Å². The van der Waals surface area contributed by atoms with Crippen molar-refractivity contribution < 1.29 is 4.79 Å². The molecule has 0 saturated heterocycles. The predicted molar refractivity (Wildman–Crippen MR) is 99.2 cm³/mol. The maximum absolute atomic E-state index is 12.2. The number of carbonyl (C=O) groups excluding carboxylic acids is 1. The van der Waals surface area contributed by atoms with Gasteiger partial charge in [0.1, 0.15) is 17.8 Å². The molecule has 25 heavy (non-hydrogen) atoms. The summed E-state index contributed by atoms with van der Waals surface area (Å²) in [5.41, 5.74) is 15.8. The van der Waals surface area contributed by atoms with Gasteiger partial charge in [-0.25, -0.2) is 9.97 Å². The third-order valence-corrected chi connectivity index (χ3v) is 4.32. The van der Waals surface area contributed by atoms with E-state index < -0.39 is 5.91 Å². The number of aryl methyl sites for hydroxylation is 1. The second kappa shape index (κ2) is 6.57. The van der Waals surface area contributed by atoms with Crippen LogP contribution in [0.5, 0.6) is 0 Å². The molecule has 0 saturated carbocycles. The highest BCUT2D eigenvalue weighted by molar-refractivity contribution is 6.31. The van der Waals surface area contributed by atoms with Gasteiger partial charge in [0.05, 0.1) is 11.4 Å². The maximum atomic E-state index is 12.2. The molecule has 0 aliphatic heterocycles. The first-order valence-corrected chi connectivity index (χ1v) is 8.18. The Balaban J connectivity index is 2.33. The van der Waals surface area contributed by atoms with Crippen LogP contribution in [0.3, 0.4) is 0 Å². The zero-order valence-corrected chi connectivity index (χ0v) is 14.7. The number of hydrogen-bond donors (Lipinski definition) is 2. The minimum Gasteiger partial charge on any atom is -0.384 e. The standard InChI is InChI=1S/C18H18ClN5O/c1-3-24-15(14-8-16(20)23-9-22-14)7-13(17(24)18(21)25)12-6-11(19)5-4-10(12)2/h4-9H,3H2,1-2H3,(H2,21,25)(H2,20,22,23). The van der Waals surface area contributed by atoms with Gasteiger partial charge < -0.3 is 16.0 Å². The Morgan fingerprint density at radius 2 is 1.96 bits per heavy atom. The number of aromatic nitrogens is 3. The van der Waals surface area contributed by atoms with Gasteiger partial charge in [0.25, 0.3) is 5.91 Å². The van der Waals surface area contributed by atoms with Crippen LogP contribution in [0.2, 0.25) is 5.02 Å². The molecular weight excluding hydrogens is 338 g/mol. The van der Waals surface area contributed by atoms with E-state index in [0.29, 0.717) is 28.8 Å². The average Bonchev–Trinajstić information content (AvgIpc) is 2.96. The number of nitrogens with zero attached hydrogens (tertiary/aromatic N) is 3. The van der Waals surface area contributed by atoms with Crippen molar-refractivity contribution in [2.45, 2.75) is 20.4 Å². The molecule has 0 aliphatic carbocycles. The van der Waals surface area contributed by atoms with Crippen molar-refractivity contribution in [3.8, 4) is 22.5 Å². The van der Waals surface area contributed by atoms with Crippen LogP contribution >= 0.6 is 11.6 Å². The van der Waals surface area contributed by atoms with E-state index in [0.717, 1.165) is 22.4 Å². The lowest BCUT2D eigenvalue weighted by atomic mass is 10.00. The van der Waals surface area contributed by atoms with Crippen molar-refractivity contribution in [2.75, 3.05) is 5.73 Å². The molecule has 3 aromatic rings. The van der Waals surface area contributed by atoms with Crippen LogP contribution in [0, 0.1) is 6.92 Å². The van der Waals surface area contributed by atoms with Crippen LogP contribution in [0.25, 0.3) is 22.5 Å². The molecule has 2 heterocycles. The van der Waals surface area contributed by atoms with Gasteiger partial charge in [-0.3, -0.25) is 4.79 Å². The van der Waals surface area contributed by atoms with E-state index in [9.17, 15) is 4.79 Å². The van der Waals surface area contributed by atoms with Crippen molar-refractivity contribution in [1.29, 1.82) is 0 Å². The topological polar surface area (TPSA) is 99.8 Å². The molecule has 0 atom stereocenters. The van der Waals surface area contributed by atoms with Crippen molar-refractivity contribution in [3.63, 3.8) is 0 Å². The van der Waals surface area contributed by atoms with E-state index in [1.165, 1.54) is 6.33 Å². The van der Waals surface area contributed by atoms with Gasteiger partial charge in [-0.1, -0.05) is 17.7 Å². The summed E-state index contributed by atoms with van der Waals surface area (Å²) in [4.78, 5) is 20.4. The second-order valence-electron chi connectivity index (χ2n) is 5.69. The minimum atomic E-state index is -0.510. The molecule has 0 fully saturated rings. The Hall–Kier alpha value is -2.86. The Morgan fingerprint density at radius 3 is 2.60 bits per heavy atom. The van der Waals surface area contributed by atoms with Crippen LogP contribution in [0.15, 0.2) is 36.7 Å². The highest BCUT2D eigenvalue weighted by Crippen LogP contribution is 2.35. The van der Waals surface area contributed by atoms with E-state index in [1.807, 2.05) is 42.7 Å². The molecule has 1 aromatic carbocycles. The lowest BCUT2D eigenvalue weighted by molar-refractivity contribution is 0.0992. The summed E-state index contributed by atoms with van der Waals surface area (Å²) in [6.45, 7) is 4.45. The Bertz CT molecular complexity index is 964. The van der Waals surface area contributed by atoms with E-state index in [2.05, 4.69) is 9.97 Å². The summed E-state index contributed by atoms with van der Waals surface area (Å²) >= 11 is 6.16. The molecule has 0 bridgehead atoms. The van der Waals surface area contributed by atoms with Gasteiger partial charge >= 0.3 is 0 Å². The number of nitrogens with two attached hydrogens (primary N) is 2. The first-order chi connectivity index (χ1) is 11.9.